The van der Waals surface area contributed by atoms with Crippen LogP contribution in [0.1, 0.15) is 35.9 Å². The van der Waals surface area contributed by atoms with Crippen LogP contribution in [0.4, 0.5) is 4.39 Å². The second-order valence-electron chi connectivity index (χ2n) is 4.98. The van der Waals surface area contributed by atoms with Crippen molar-refractivity contribution < 1.29 is 13.7 Å². The number of hydrogen-bond acceptors (Lipinski definition) is 6. The van der Waals surface area contributed by atoms with E-state index in [1.807, 2.05) is 14.0 Å². The van der Waals surface area contributed by atoms with Crippen molar-refractivity contribution in [1.29, 1.82) is 0 Å². The number of likely N-dealkylation sites (N-methyl/N-ethyl adjacent to an activating group) is 1. The van der Waals surface area contributed by atoms with Gasteiger partial charge in [0.15, 0.2) is 11.6 Å². The minimum atomic E-state index is -0.508. The third-order valence-corrected chi connectivity index (χ3v) is 4.15. The van der Waals surface area contributed by atoms with Gasteiger partial charge in [-0.05, 0) is 39.1 Å². The van der Waals surface area contributed by atoms with Gasteiger partial charge in [0.25, 0.3) is 0 Å². The first-order chi connectivity index (χ1) is 10.5. The van der Waals surface area contributed by atoms with Crippen molar-refractivity contribution in [1.82, 2.24) is 15.5 Å². The second kappa shape index (κ2) is 9.00. The molecule has 0 saturated carbocycles. The number of carbonyl (C=O) groups excluding carboxylic acids is 1. The first-order valence-electron chi connectivity index (χ1n) is 6.91. The molecule has 1 atom stereocenters. The molecule has 0 aliphatic heterocycles. The Morgan fingerprint density at radius 3 is 2.83 bits per heavy atom. The third-order valence-electron chi connectivity index (χ3n) is 3.17. The fourth-order valence-electron chi connectivity index (χ4n) is 1.82. The van der Waals surface area contributed by atoms with Crippen LogP contribution >= 0.6 is 24.2 Å². The molecule has 0 radical (unpaired) electrons. The van der Waals surface area contributed by atoms with Crippen LogP contribution in [0.2, 0.25) is 0 Å². The van der Waals surface area contributed by atoms with E-state index in [1.54, 1.807) is 6.07 Å². The number of rotatable bonds is 7. The summed E-state index contributed by atoms with van der Waals surface area (Å²) in [6.45, 7) is 3.38. The number of nitrogens with zero attached hydrogens (tertiary/aromatic N) is 2. The van der Waals surface area contributed by atoms with Gasteiger partial charge in [-0.3, -0.25) is 4.79 Å². The van der Waals surface area contributed by atoms with E-state index < -0.39 is 5.82 Å². The molecule has 1 aromatic carbocycles. The number of aromatic nitrogens is 2. The summed E-state index contributed by atoms with van der Waals surface area (Å²) in [5.74, 6) is 0.815. The molecule has 2 rings (SSSR count). The van der Waals surface area contributed by atoms with E-state index in [2.05, 4.69) is 15.5 Å². The van der Waals surface area contributed by atoms with Crippen molar-refractivity contribution >= 4 is 30.0 Å². The third kappa shape index (κ3) is 5.60. The van der Waals surface area contributed by atoms with Gasteiger partial charge in [-0.1, -0.05) is 5.16 Å². The van der Waals surface area contributed by atoms with Gasteiger partial charge in [-0.15, -0.1) is 24.2 Å². The van der Waals surface area contributed by atoms with Crippen molar-refractivity contribution in [3.63, 3.8) is 0 Å². The molecule has 0 saturated heterocycles. The van der Waals surface area contributed by atoms with E-state index in [0.717, 1.165) is 0 Å². The number of ketones is 1. The Labute approximate surface area is 144 Å². The van der Waals surface area contributed by atoms with Gasteiger partial charge in [0.05, 0.1) is 11.3 Å². The highest BCUT2D eigenvalue weighted by atomic mass is 35.5. The number of halogens is 2. The van der Waals surface area contributed by atoms with Gasteiger partial charge < -0.3 is 9.84 Å². The standard InChI is InChI=1S/C15H18FN3O2S.ClH/c1-9(17-3)6-14-18-15(21-19-14)8-22-11-4-5-12(10(2)20)13(16)7-11;/h4-5,7,9,17H,6,8H2,1-3H3;1H. The first kappa shape index (κ1) is 19.6. The van der Waals surface area contributed by atoms with Crippen LogP contribution in [-0.4, -0.2) is 29.0 Å². The van der Waals surface area contributed by atoms with Gasteiger partial charge in [-0.2, -0.15) is 4.98 Å². The van der Waals surface area contributed by atoms with E-state index >= 15 is 0 Å². The Morgan fingerprint density at radius 2 is 2.22 bits per heavy atom. The molecule has 126 valence electrons. The van der Waals surface area contributed by atoms with Crippen molar-refractivity contribution in [2.75, 3.05) is 7.05 Å². The van der Waals surface area contributed by atoms with Gasteiger partial charge in [-0.25, -0.2) is 4.39 Å². The predicted molar refractivity (Wildman–Crippen MR) is 89.7 cm³/mol. The van der Waals surface area contributed by atoms with Gasteiger partial charge in [0.1, 0.15) is 5.82 Å². The van der Waals surface area contributed by atoms with Crippen LogP contribution < -0.4 is 5.32 Å². The highest BCUT2D eigenvalue weighted by Gasteiger charge is 2.11. The number of nitrogens with one attached hydrogen (secondary N) is 1. The molecule has 8 heteroatoms. The number of Topliss-reactive ketones (excluding diaryl/α,β-unsaturated/α-hetero) is 1. The molecule has 1 heterocycles. The molecule has 1 N–H and O–H groups in total. The lowest BCUT2D eigenvalue weighted by Crippen LogP contribution is -2.24. The van der Waals surface area contributed by atoms with Crippen molar-refractivity contribution in [2.24, 2.45) is 0 Å². The zero-order valence-corrected chi connectivity index (χ0v) is 14.8. The zero-order chi connectivity index (χ0) is 16.1. The van der Waals surface area contributed by atoms with E-state index in [1.165, 1.54) is 30.8 Å². The number of benzene rings is 1. The van der Waals surface area contributed by atoms with E-state index in [-0.39, 0.29) is 29.8 Å². The smallest absolute Gasteiger partial charge is 0.237 e. The molecule has 0 bridgehead atoms. The van der Waals surface area contributed by atoms with Crippen molar-refractivity contribution in [3.8, 4) is 0 Å². The maximum Gasteiger partial charge on any atom is 0.237 e. The van der Waals surface area contributed by atoms with Crippen LogP contribution in [0.25, 0.3) is 0 Å². The lowest BCUT2D eigenvalue weighted by Gasteiger charge is -2.04. The molecule has 1 aromatic heterocycles. The fraction of sp³-hybridized carbons (Fsp3) is 0.400. The maximum atomic E-state index is 13.7. The number of hydrogen-bond donors (Lipinski definition) is 1. The van der Waals surface area contributed by atoms with Crippen molar-refractivity contribution in [3.05, 3.63) is 41.3 Å². The highest BCUT2D eigenvalue weighted by Crippen LogP contribution is 2.24. The molecule has 0 aliphatic rings. The average molecular weight is 360 g/mol. The van der Waals surface area contributed by atoms with Crippen LogP contribution in [0, 0.1) is 5.82 Å². The monoisotopic (exact) mass is 359 g/mol. The van der Waals surface area contributed by atoms with Crippen LogP contribution in [0.15, 0.2) is 27.6 Å². The number of carbonyl (C=O) groups is 1. The molecular weight excluding hydrogens is 341 g/mol. The minimum absolute atomic E-state index is 0. The minimum Gasteiger partial charge on any atom is -0.338 e. The van der Waals surface area contributed by atoms with E-state index in [0.29, 0.717) is 28.8 Å². The topological polar surface area (TPSA) is 68.0 Å². The summed E-state index contributed by atoms with van der Waals surface area (Å²) in [6, 6.07) is 4.83. The summed E-state index contributed by atoms with van der Waals surface area (Å²) in [6.07, 6.45) is 0.687. The summed E-state index contributed by atoms with van der Waals surface area (Å²) in [5.41, 5.74) is 0.102. The largest absolute Gasteiger partial charge is 0.338 e. The van der Waals surface area contributed by atoms with Crippen LogP contribution in [0.5, 0.6) is 0 Å². The average Bonchev–Trinajstić information content (AvgIpc) is 2.92. The molecule has 1 unspecified atom stereocenters. The molecule has 0 amide bonds. The van der Waals surface area contributed by atoms with Gasteiger partial charge in [0, 0.05) is 17.4 Å². The van der Waals surface area contributed by atoms with E-state index in [9.17, 15) is 9.18 Å². The summed E-state index contributed by atoms with van der Waals surface area (Å²) in [7, 11) is 1.88. The Morgan fingerprint density at radius 1 is 1.48 bits per heavy atom. The molecule has 23 heavy (non-hydrogen) atoms. The molecule has 2 aromatic rings. The normalized spacial score (nSPS) is 11.8. The van der Waals surface area contributed by atoms with Crippen molar-refractivity contribution in [2.45, 2.75) is 37.0 Å². The van der Waals surface area contributed by atoms with Crippen LogP contribution in [-0.2, 0) is 12.2 Å². The lowest BCUT2D eigenvalue weighted by atomic mass is 10.1. The Bertz CT molecular complexity index is 666. The summed E-state index contributed by atoms with van der Waals surface area (Å²) in [5, 5.41) is 7.02. The Hall–Kier alpha value is -1.44. The molecular formula is C15H19ClFN3O2S. The molecule has 5 nitrogen and oxygen atoms in total. The van der Waals surface area contributed by atoms with Crippen LogP contribution in [0.3, 0.4) is 0 Å². The quantitative estimate of drug-likeness (QED) is 0.604. The summed E-state index contributed by atoms with van der Waals surface area (Å²) in [4.78, 5) is 16.2. The zero-order valence-electron chi connectivity index (χ0n) is 13.1. The fourth-order valence-corrected chi connectivity index (χ4v) is 2.58. The predicted octanol–water partition coefficient (Wildman–Crippen LogP) is 3.28. The lowest BCUT2D eigenvalue weighted by molar-refractivity contribution is 0.101. The van der Waals surface area contributed by atoms with Gasteiger partial charge >= 0.3 is 0 Å². The highest BCUT2D eigenvalue weighted by molar-refractivity contribution is 7.98. The SMILES string of the molecule is CNC(C)Cc1noc(CSc2ccc(C(C)=O)c(F)c2)n1.Cl. The molecule has 0 aliphatic carbocycles. The Balaban J connectivity index is 0.00000264. The molecule has 0 fully saturated rings. The molecule has 0 spiro atoms. The first-order valence-corrected chi connectivity index (χ1v) is 7.90. The number of thioether (sulfide) groups is 1. The maximum absolute atomic E-state index is 13.7. The second-order valence-corrected chi connectivity index (χ2v) is 6.03. The Kier molecular flexibility index (Phi) is 7.67. The van der Waals surface area contributed by atoms with Gasteiger partial charge in [0.2, 0.25) is 5.89 Å². The summed E-state index contributed by atoms with van der Waals surface area (Å²) < 4.78 is 18.9. The summed E-state index contributed by atoms with van der Waals surface area (Å²) >= 11 is 1.38. The van der Waals surface area contributed by atoms with E-state index in [4.69, 9.17) is 4.52 Å².